The Bertz CT molecular complexity index is 457. The summed E-state index contributed by atoms with van der Waals surface area (Å²) in [6.07, 6.45) is 5.37. The van der Waals surface area contributed by atoms with Gasteiger partial charge in [-0.25, -0.2) is 0 Å². The van der Waals surface area contributed by atoms with Crippen LogP contribution in [0.15, 0.2) is 18.2 Å². The molecule has 3 rings (SSSR count). The third kappa shape index (κ3) is 4.66. The average Bonchev–Trinajstić information content (AvgIpc) is 2.97. The van der Waals surface area contributed by atoms with E-state index >= 15 is 0 Å². The van der Waals surface area contributed by atoms with Crippen molar-refractivity contribution in [3.8, 4) is 0 Å². The fourth-order valence-corrected chi connectivity index (χ4v) is 4.24. The van der Waals surface area contributed by atoms with Gasteiger partial charge >= 0.3 is 0 Å². The van der Waals surface area contributed by atoms with Crippen LogP contribution in [0.3, 0.4) is 0 Å². The van der Waals surface area contributed by atoms with E-state index in [1.807, 2.05) is 12.1 Å². The molecule has 1 saturated heterocycles. The van der Waals surface area contributed by atoms with Gasteiger partial charge in [-0.2, -0.15) is 0 Å². The zero-order chi connectivity index (χ0) is 13.9. The first-order chi connectivity index (χ1) is 9.75. The Labute approximate surface area is 155 Å². The molecule has 6 heteroatoms. The van der Waals surface area contributed by atoms with Gasteiger partial charge in [0, 0.05) is 42.3 Å². The quantitative estimate of drug-likeness (QED) is 0.789. The van der Waals surface area contributed by atoms with Crippen molar-refractivity contribution in [2.75, 3.05) is 26.2 Å². The molecule has 2 aliphatic rings. The lowest BCUT2D eigenvalue weighted by molar-refractivity contribution is 0.125. The molecule has 1 heterocycles. The van der Waals surface area contributed by atoms with Gasteiger partial charge in [0.05, 0.1) is 0 Å². The summed E-state index contributed by atoms with van der Waals surface area (Å²) in [5, 5.41) is 4.99. The molecule has 0 unspecified atom stereocenters. The fourth-order valence-electron chi connectivity index (χ4n) is 3.72. The van der Waals surface area contributed by atoms with E-state index in [1.165, 1.54) is 31.2 Å². The zero-order valence-electron chi connectivity index (χ0n) is 12.6. The summed E-state index contributed by atoms with van der Waals surface area (Å²) in [5.41, 5.74) is 1.27. The molecule has 1 aromatic carbocycles. The number of benzene rings is 1. The Morgan fingerprint density at radius 3 is 2.27 bits per heavy atom. The first-order valence-electron chi connectivity index (χ1n) is 7.65. The van der Waals surface area contributed by atoms with E-state index in [9.17, 15) is 0 Å². The Balaban J connectivity index is 0.00000121. The second-order valence-corrected chi connectivity index (χ2v) is 6.78. The topological polar surface area (TPSA) is 15.3 Å². The van der Waals surface area contributed by atoms with Crippen molar-refractivity contribution in [1.29, 1.82) is 0 Å². The van der Waals surface area contributed by atoms with Crippen molar-refractivity contribution >= 4 is 48.0 Å². The number of nitrogens with one attached hydrogen (secondary N) is 1. The zero-order valence-corrected chi connectivity index (χ0v) is 15.7. The second kappa shape index (κ2) is 9.56. The monoisotopic (exact) mass is 384 g/mol. The SMILES string of the molecule is Cl.Cl.Clc1ccc([C@H](C2CCCC2)N2CCNCC2)c(Cl)c1. The van der Waals surface area contributed by atoms with E-state index in [0.29, 0.717) is 6.04 Å². The highest BCUT2D eigenvalue weighted by Gasteiger charge is 2.32. The predicted octanol–water partition coefficient (Wildman–Crippen LogP) is 4.97. The normalized spacial score (nSPS) is 21.0. The summed E-state index contributed by atoms with van der Waals surface area (Å²) in [4.78, 5) is 2.61. The minimum Gasteiger partial charge on any atom is -0.314 e. The van der Waals surface area contributed by atoms with Gasteiger partial charge in [-0.3, -0.25) is 4.90 Å². The maximum absolute atomic E-state index is 6.50. The number of rotatable bonds is 3. The Morgan fingerprint density at radius 1 is 1.05 bits per heavy atom. The number of piperazine rings is 1. The highest BCUT2D eigenvalue weighted by molar-refractivity contribution is 6.35. The van der Waals surface area contributed by atoms with Crippen molar-refractivity contribution < 1.29 is 0 Å². The molecule has 0 radical (unpaired) electrons. The van der Waals surface area contributed by atoms with Crippen LogP contribution in [0.4, 0.5) is 0 Å². The van der Waals surface area contributed by atoms with E-state index < -0.39 is 0 Å². The summed E-state index contributed by atoms with van der Waals surface area (Å²) >= 11 is 12.6. The maximum Gasteiger partial charge on any atom is 0.0468 e. The van der Waals surface area contributed by atoms with Gasteiger partial charge in [0.25, 0.3) is 0 Å². The average molecular weight is 386 g/mol. The number of halogens is 4. The lowest BCUT2D eigenvalue weighted by Gasteiger charge is -2.39. The van der Waals surface area contributed by atoms with E-state index in [1.54, 1.807) is 0 Å². The largest absolute Gasteiger partial charge is 0.314 e. The van der Waals surface area contributed by atoms with Gasteiger partial charge < -0.3 is 5.32 Å². The van der Waals surface area contributed by atoms with Crippen LogP contribution in [0.2, 0.25) is 10.0 Å². The van der Waals surface area contributed by atoms with Crippen LogP contribution in [0.25, 0.3) is 0 Å². The third-order valence-electron chi connectivity index (χ3n) is 4.67. The Hall–Kier alpha value is 0.300. The number of hydrogen-bond donors (Lipinski definition) is 1. The predicted molar refractivity (Wildman–Crippen MR) is 100 cm³/mol. The van der Waals surface area contributed by atoms with Gasteiger partial charge in [-0.05, 0) is 36.5 Å². The lowest BCUT2D eigenvalue weighted by atomic mass is 9.89. The molecule has 2 nitrogen and oxygen atoms in total. The molecule has 0 bridgehead atoms. The van der Waals surface area contributed by atoms with Crippen molar-refractivity contribution in [1.82, 2.24) is 10.2 Å². The summed E-state index contributed by atoms with van der Waals surface area (Å²) in [6, 6.07) is 6.47. The molecule has 1 saturated carbocycles. The first kappa shape index (κ1) is 20.3. The third-order valence-corrected chi connectivity index (χ3v) is 5.23. The van der Waals surface area contributed by atoms with Gasteiger partial charge in [0.2, 0.25) is 0 Å². The highest BCUT2D eigenvalue weighted by atomic mass is 35.5. The second-order valence-electron chi connectivity index (χ2n) is 5.94. The van der Waals surface area contributed by atoms with Crippen molar-refractivity contribution in [3.63, 3.8) is 0 Å². The van der Waals surface area contributed by atoms with Crippen molar-refractivity contribution in [2.24, 2.45) is 5.92 Å². The molecule has 0 spiro atoms. The minimum atomic E-state index is 0. The molecular formula is C16H24Cl4N2. The Morgan fingerprint density at radius 2 is 1.68 bits per heavy atom. The molecule has 0 amide bonds. The molecule has 1 N–H and O–H groups in total. The van der Waals surface area contributed by atoms with Gasteiger partial charge in [-0.15, -0.1) is 24.8 Å². The molecule has 22 heavy (non-hydrogen) atoms. The highest BCUT2D eigenvalue weighted by Crippen LogP contribution is 2.42. The Kier molecular flexibility index (Phi) is 8.84. The summed E-state index contributed by atoms with van der Waals surface area (Å²) < 4.78 is 0. The van der Waals surface area contributed by atoms with Crippen LogP contribution in [0.5, 0.6) is 0 Å². The van der Waals surface area contributed by atoms with Crippen LogP contribution < -0.4 is 5.32 Å². The molecule has 1 aliphatic heterocycles. The summed E-state index contributed by atoms with van der Waals surface area (Å²) in [5.74, 6) is 0.742. The molecular weight excluding hydrogens is 362 g/mol. The lowest BCUT2D eigenvalue weighted by Crippen LogP contribution is -2.46. The minimum absolute atomic E-state index is 0. The van der Waals surface area contributed by atoms with Crippen LogP contribution in [-0.4, -0.2) is 31.1 Å². The van der Waals surface area contributed by atoms with E-state index in [-0.39, 0.29) is 24.8 Å². The molecule has 1 aliphatic carbocycles. The van der Waals surface area contributed by atoms with Gasteiger partial charge in [0.15, 0.2) is 0 Å². The summed E-state index contributed by atoms with van der Waals surface area (Å²) in [6.45, 7) is 4.38. The van der Waals surface area contributed by atoms with E-state index in [0.717, 1.165) is 42.1 Å². The number of hydrogen-bond acceptors (Lipinski definition) is 2. The number of nitrogens with zero attached hydrogens (tertiary/aromatic N) is 1. The standard InChI is InChI=1S/C16H22Cl2N2.2ClH/c17-13-5-6-14(15(18)11-13)16(12-3-1-2-4-12)20-9-7-19-8-10-20;;/h5-6,11-12,16,19H,1-4,7-10H2;2*1H/t16-;;/m0../s1. The van der Waals surface area contributed by atoms with Crippen molar-refractivity contribution in [2.45, 2.75) is 31.7 Å². The first-order valence-corrected chi connectivity index (χ1v) is 8.41. The van der Waals surface area contributed by atoms with Crippen LogP contribution in [-0.2, 0) is 0 Å². The molecule has 126 valence electrons. The molecule has 1 atom stereocenters. The molecule has 1 aromatic rings. The fraction of sp³-hybridized carbons (Fsp3) is 0.625. The van der Waals surface area contributed by atoms with E-state index in [2.05, 4.69) is 16.3 Å². The van der Waals surface area contributed by atoms with E-state index in [4.69, 9.17) is 23.2 Å². The molecule has 0 aromatic heterocycles. The smallest absolute Gasteiger partial charge is 0.0468 e. The van der Waals surface area contributed by atoms with Crippen LogP contribution in [0, 0.1) is 5.92 Å². The van der Waals surface area contributed by atoms with Crippen LogP contribution in [0.1, 0.15) is 37.3 Å². The summed E-state index contributed by atoms with van der Waals surface area (Å²) in [7, 11) is 0. The maximum atomic E-state index is 6.50. The van der Waals surface area contributed by atoms with Gasteiger partial charge in [-0.1, -0.05) is 42.1 Å². The molecule has 2 fully saturated rings. The van der Waals surface area contributed by atoms with Gasteiger partial charge in [0.1, 0.15) is 0 Å². The van der Waals surface area contributed by atoms with Crippen LogP contribution >= 0.6 is 48.0 Å². The van der Waals surface area contributed by atoms with Crippen molar-refractivity contribution in [3.05, 3.63) is 33.8 Å².